The number of rotatable bonds is 5. The first-order valence-corrected chi connectivity index (χ1v) is 10.6. The number of esters is 1. The van der Waals surface area contributed by atoms with E-state index in [2.05, 4.69) is 30.3 Å². The van der Waals surface area contributed by atoms with Crippen molar-refractivity contribution in [1.29, 1.82) is 0 Å². The Morgan fingerprint density at radius 2 is 1.97 bits per heavy atom. The fraction of sp³-hybridized carbons (Fsp3) is 0.136. The molecule has 0 atom stereocenters. The van der Waals surface area contributed by atoms with Crippen LogP contribution in [0.1, 0.15) is 17.4 Å². The van der Waals surface area contributed by atoms with E-state index in [0.717, 1.165) is 11.3 Å². The Morgan fingerprint density at radius 1 is 1.15 bits per heavy atom. The number of aromatic nitrogens is 3. The van der Waals surface area contributed by atoms with Crippen LogP contribution in [0, 0.1) is 11.6 Å². The molecule has 0 saturated heterocycles. The predicted octanol–water partition coefficient (Wildman–Crippen LogP) is 4.63. The van der Waals surface area contributed by atoms with Crippen LogP contribution in [0.5, 0.6) is 0 Å². The van der Waals surface area contributed by atoms with E-state index in [4.69, 9.17) is 0 Å². The van der Waals surface area contributed by atoms with E-state index in [9.17, 15) is 14.0 Å². The summed E-state index contributed by atoms with van der Waals surface area (Å²) in [5.74, 6) is -1.91. The number of fused-ring (bicyclic) bond motifs is 1. The van der Waals surface area contributed by atoms with Crippen LogP contribution in [-0.4, -0.2) is 40.6 Å². The van der Waals surface area contributed by atoms with Crippen molar-refractivity contribution in [3.63, 3.8) is 0 Å². The molecule has 4 aromatic rings. The Bertz CT molecular complexity index is 1360. The van der Waals surface area contributed by atoms with Crippen LogP contribution in [0.2, 0.25) is 0 Å². The number of benzene rings is 1. The molecule has 0 aliphatic heterocycles. The van der Waals surface area contributed by atoms with Crippen LogP contribution < -0.4 is 10.6 Å². The number of pyridine rings is 2. The minimum atomic E-state index is -0.682. The van der Waals surface area contributed by atoms with Crippen molar-refractivity contribution in [2.75, 3.05) is 19.0 Å². The van der Waals surface area contributed by atoms with Crippen molar-refractivity contribution in [2.24, 2.45) is 0 Å². The first kappa shape index (κ1) is 22.2. The molecule has 0 bridgehead atoms. The van der Waals surface area contributed by atoms with Crippen molar-refractivity contribution < 1.29 is 23.1 Å². The van der Waals surface area contributed by atoms with Crippen molar-refractivity contribution in [1.82, 2.24) is 20.3 Å². The molecular formula is C22H17F2N5O3S. The van der Waals surface area contributed by atoms with E-state index >= 15 is 4.39 Å². The highest BCUT2D eigenvalue weighted by Gasteiger charge is 2.22. The standard InChI is InChI=1S/C22H17F2N5O3S/c1-3-25-21(31)29-22-28-18-16(24)12(11-6-7-15(27-10-11)20(30)32-2)9-13(19(18)33-22)17-14(23)5-4-8-26-17/h4-10H,3H2,1-2H3,(H2,25,28,29,31). The zero-order valence-electron chi connectivity index (χ0n) is 17.5. The maximum atomic E-state index is 15.6. The van der Waals surface area contributed by atoms with Gasteiger partial charge in [-0.2, -0.15) is 0 Å². The quantitative estimate of drug-likeness (QED) is 0.413. The molecule has 0 radical (unpaired) electrons. The van der Waals surface area contributed by atoms with Crippen molar-refractivity contribution >= 4 is 38.7 Å². The Balaban J connectivity index is 1.91. The Morgan fingerprint density at radius 3 is 2.64 bits per heavy atom. The monoisotopic (exact) mass is 469 g/mol. The largest absolute Gasteiger partial charge is 0.464 e. The minimum Gasteiger partial charge on any atom is -0.464 e. The molecular weight excluding hydrogens is 452 g/mol. The van der Waals surface area contributed by atoms with E-state index in [1.807, 2.05) is 0 Å². The van der Waals surface area contributed by atoms with Crippen molar-refractivity contribution in [3.05, 3.63) is 60.1 Å². The third-order valence-corrected chi connectivity index (χ3v) is 5.65. The van der Waals surface area contributed by atoms with Gasteiger partial charge in [-0.05, 0) is 31.2 Å². The van der Waals surface area contributed by atoms with Gasteiger partial charge >= 0.3 is 12.0 Å². The lowest BCUT2D eigenvalue weighted by Gasteiger charge is -2.09. The predicted molar refractivity (Wildman–Crippen MR) is 120 cm³/mol. The minimum absolute atomic E-state index is 0.0103. The number of urea groups is 1. The molecule has 2 N–H and O–H groups in total. The third-order valence-electron chi connectivity index (χ3n) is 4.65. The number of anilines is 1. The smallest absolute Gasteiger partial charge is 0.356 e. The molecule has 0 fully saturated rings. The van der Waals surface area contributed by atoms with Gasteiger partial charge in [-0.25, -0.2) is 28.3 Å². The maximum absolute atomic E-state index is 15.6. The molecule has 8 nitrogen and oxygen atoms in total. The highest BCUT2D eigenvalue weighted by molar-refractivity contribution is 7.22. The van der Waals surface area contributed by atoms with Crippen LogP contribution in [0.15, 0.2) is 42.7 Å². The molecule has 1 aromatic carbocycles. The summed E-state index contributed by atoms with van der Waals surface area (Å²) in [7, 11) is 1.23. The average molecular weight is 469 g/mol. The molecule has 3 heterocycles. The molecule has 0 spiro atoms. The summed E-state index contributed by atoms with van der Waals surface area (Å²) < 4.78 is 35.1. The lowest BCUT2D eigenvalue weighted by molar-refractivity contribution is 0.0594. The number of ether oxygens (including phenoxy) is 1. The van der Waals surface area contributed by atoms with Crippen LogP contribution in [-0.2, 0) is 4.74 Å². The number of nitrogens with one attached hydrogen (secondary N) is 2. The van der Waals surface area contributed by atoms with Crippen LogP contribution in [0.4, 0.5) is 18.7 Å². The zero-order valence-corrected chi connectivity index (χ0v) is 18.3. The fourth-order valence-electron chi connectivity index (χ4n) is 3.16. The second kappa shape index (κ2) is 9.25. The summed E-state index contributed by atoms with van der Waals surface area (Å²) in [6, 6.07) is 6.55. The number of hydrogen-bond acceptors (Lipinski definition) is 7. The van der Waals surface area contributed by atoms with E-state index in [1.54, 1.807) is 6.92 Å². The first-order chi connectivity index (χ1) is 15.9. The molecule has 0 saturated carbocycles. The zero-order chi connectivity index (χ0) is 23.5. The van der Waals surface area contributed by atoms with E-state index in [-0.39, 0.29) is 27.6 Å². The average Bonchev–Trinajstić information content (AvgIpc) is 3.24. The highest BCUT2D eigenvalue weighted by Crippen LogP contribution is 2.40. The van der Waals surface area contributed by atoms with Crippen molar-refractivity contribution in [2.45, 2.75) is 6.92 Å². The number of carbonyl (C=O) groups is 2. The molecule has 2 amide bonds. The van der Waals surface area contributed by atoms with Gasteiger partial charge in [-0.3, -0.25) is 10.3 Å². The maximum Gasteiger partial charge on any atom is 0.356 e. The van der Waals surface area contributed by atoms with Gasteiger partial charge in [0, 0.05) is 35.6 Å². The van der Waals surface area contributed by atoms with Gasteiger partial charge in [0.2, 0.25) is 0 Å². The van der Waals surface area contributed by atoms with Gasteiger partial charge in [-0.15, -0.1) is 0 Å². The van der Waals surface area contributed by atoms with Gasteiger partial charge < -0.3 is 10.1 Å². The molecule has 3 aromatic heterocycles. The fourth-order valence-corrected chi connectivity index (χ4v) is 4.13. The number of amides is 2. The number of hydrogen-bond donors (Lipinski definition) is 2. The van der Waals surface area contributed by atoms with E-state index in [1.165, 1.54) is 49.8 Å². The second-order valence-corrected chi connectivity index (χ2v) is 7.72. The van der Waals surface area contributed by atoms with Gasteiger partial charge in [0.1, 0.15) is 22.7 Å². The van der Waals surface area contributed by atoms with Gasteiger partial charge in [0.25, 0.3) is 0 Å². The summed E-state index contributed by atoms with van der Waals surface area (Å²) in [5, 5.41) is 5.26. The number of nitrogens with zero attached hydrogens (tertiary/aromatic N) is 3. The van der Waals surface area contributed by atoms with Gasteiger partial charge in [0.15, 0.2) is 10.9 Å². The summed E-state index contributed by atoms with van der Waals surface area (Å²) in [4.78, 5) is 35.9. The molecule has 0 unspecified atom stereocenters. The van der Waals surface area contributed by atoms with Crippen LogP contribution in [0.25, 0.3) is 32.6 Å². The molecule has 11 heteroatoms. The highest BCUT2D eigenvalue weighted by atomic mass is 32.1. The number of methoxy groups -OCH3 is 1. The molecule has 4 rings (SSSR count). The number of thiazole rings is 1. The molecule has 0 aliphatic carbocycles. The molecule has 168 valence electrons. The number of halogens is 2. The Kier molecular flexibility index (Phi) is 6.22. The summed E-state index contributed by atoms with van der Waals surface area (Å²) in [6.07, 6.45) is 2.74. The van der Waals surface area contributed by atoms with E-state index in [0.29, 0.717) is 22.4 Å². The topological polar surface area (TPSA) is 106 Å². The van der Waals surface area contributed by atoms with E-state index < -0.39 is 23.6 Å². The Labute approximate surface area is 190 Å². The van der Waals surface area contributed by atoms with Crippen molar-refractivity contribution in [3.8, 4) is 22.4 Å². The molecule has 0 aliphatic rings. The lowest BCUT2D eigenvalue weighted by atomic mass is 10.0. The van der Waals surface area contributed by atoms with Gasteiger partial charge in [-0.1, -0.05) is 17.4 Å². The summed E-state index contributed by atoms with van der Waals surface area (Å²) >= 11 is 1.00. The summed E-state index contributed by atoms with van der Waals surface area (Å²) in [6.45, 7) is 2.15. The Hall–Kier alpha value is -3.99. The SMILES string of the molecule is CCNC(=O)Nc1nc2c(F)c(-c3ccc(C(=O)OC)nc3)cc(-c3ncccc3F)c2s1. The van der Waals surface area contributed by atoms with Gasteiger partial charge in [0.05, 0.1) is 11.8 Å². The third kappa shape index (κ3) is 4.35. The lowest BCUT2D eigenvalue weighted by Crippen LogP contribution is -2.28. The second-order valence-electron chi connectivity index (χ2n) is 6.72. The molecule has 33 heavy (non-hydrogen) atoms. The normalized spacial score (nSPS) is 10.8. The first-order valence-electron chi connectivity index (χ1n) is 9.76. The van der Waals surface area contributed by atoms with Crippen LogP contribution in [0.3, 0.4) is 0 Å². The number of carbonyl (C=O) groups excluding carboxylic acids is 2. The summed E-state index contributed by atoms with van der Waals surface area (Å²) in [5.41, 5.74) is 0.739. The van der Waals surface area contributed by atoms with Crippen LogP contribution >= 0.6 is 11.3 Å².